The lowest BCUT2D eigenvalue weighted by Gasteiger charge is -1.99. The molecular weight excluding hydrogens is 245 g/mol. The molecule has 2 aromatic rings. The first-order chi connectivity index (χ1) is 7.67. The molecule has 0 spiro atoms. The van der Waals surface area contributed by atoms with Gasteiger partial charge in [0.25, 0.3) is 0 Å². The maximum atomic E-state index is 13.1. The van der Waals surface area contributed by atoms with Gasteiger partial charge in [-0.1, -0.05) is 18.7 Å². The summed E-state index contributed by atoms with van der Waals surface area (Å²) in [5, 5.41) is 0. The molecule has 0 amide bonds. The maximum absolute atomic E-state index is 13.1. The van der Waals surface area contributed by atoms with E-state index in [2.05, 4.69) is 9.36 Å². The Kier molecular flexibility index (Phi) is 3.40. The van der Waals surface area contributed by atoms with Gasteiger partial charge in [-0.25, -0.2) is 9.37 Å². The SMILES string of the molecule is CCc1nsc(Sc2cc(N)cc(F)c2)n1. The summed E-state index contributed by atoms with van der Waals surface area (Å²) in [5.74, 6) is 0.486. The summed E-state index contributed by atoms with van der Waals surface area (Å²) in [4.78, 5) is 5.04. The van der Waals surface area contributed by atoms with Crippen molar-refractivity contribution >= 4 is 29.0 Å². The second-order valence-electron chi connectivity index (χ2n) is 3.15. The number of aryl methyl sites for hydroxylation is 1. The molecule has 0 fully saturated rings. The van der Waals surface area contributed by atoms with Gasteiger partial charge in [0.05, 0.1) is 0 Å². The third kappa shape index (κ3) is 2.70. The number of hydrogen-bond donors (Lipinski definition) is 1. The number of anilines is 1. The van der Waals surface area contributed by atoms with E-state index in [1.165, 1.54) is 35.4 Å². The lowest BCUT2D eigenvalue weighted by molar-refractivity contribution is 0.625. The number of benzene rings is 1. The van der Waals surface area contributed by atoms with Gasteiger partial charge < -0.3 is 5.73 Å². The Bertz CT molecular complexity index is 478. The number of nitrogen functional groups attached to an aromatic ring is 1. The highest BCUT2D eigenvalue weighted by molar-refractivity contribution is 8.01. The fourth-order valence-electron chi connectivity index (χ4n) is 1.17. The number of nitrogens with two attached hydrogens (primary N) is 1. The zero-order chi connectivity index (χ0) is 11.5. The number of aromatic nitrogens is 2. The van der Waals surface area contributed by atoms with Crippen LogP contribution in [0.25, 0.3) is 0 Å². The largest absolute Gasteiger partial charge is 0.399 e. The molecule has 0 saturated heterocycles. The Morgan fingerprint density at radius 1 is 1.44 bits per heavy atom. The minimum atomic E-state index is -0.331. The highest BCUT2D eigenvalue weighted by Gasteiger charge is 2.06. The minimum absolute atomic E-state index is 0.331. The highest BCUT2D eigenvalue weighted by Crippen LogP contribution is 2.30. The van der Waals surface area contributed by atoms with Crippen molar-refractivity contribution in [3.8, 4) is 0 Å². The number of hydrogen-bond acceptors (Lipinski definition) is 5. The topological polar surface area (TPSA) is 51.8 Å². The monoisotopic (exact) mass is 255 g/mol. The first-order valence-corrected chi connectivity index (χ1v) is 6.33. The van der Waals surface area contributed by atoms with Gasteiger partial charge in [-0.05, 0) is 29.7 Å². The molecule has 1 aromatic heterocycles. The van der Waals surface area contributed by atoms with Crippen LogP contribution in [0.15, 0.2) is 27.4 Å². The lowest BCUT2D eigenvalue weighted by Crippen LogP contribution is -1.87. The predicted molar refractivity (Wildman–Crippen MR) is 64.2 cm³/mol. The Morgan fingerprint density at radius 2 is 2.25 bits per heavy atom. The van der Waals surface area contributed by atoms with E-state index in [4.69, 9.17) is 5.73 Å². The van der Waals surface area contributed by atoms with Gasteiger partial charge in [0, 0.05) is 17.0 Å². The second-order valence-corrected chi connectivity index (χ2v) is 5.22. The highest BCUT2D eigenvalue weighted by atomic mass is 32.2. The van der Waals surface area contributed by atoms with E-state index in [9.17, 15) is 4.39 Å². The van der Waals surface area contributed by atoms with Gasteiger partial charge in [-0.15, -0.1) is 0 Å². The smallest absolute Gasteiger partial charge is 0.174 e. The fourth-order valence-corrected chi connectivity index (χ4v) is 2.94. The molecule has 0 bridgehead atoms. The number of rotatable bonds is 3. The Labute approximate surface area is 101 Å². The zero-order valence-electron chi connectivity index (χ0n) is 8.61. The van der Waals surface area contributed by atoms with E-state index in [1.807, 2.05) is 6.92 Å². The van der Waals surface area contributed by atoms with Crippen LogP contribution in [-0.4, -0.2) is 9.36 Å². The predicted octanol–water partition coefficient (Wildman–Crippen LogP) is 2.97. The van der Waals surface area contributed by atoms with Gasteiger partial charge in [0.2, 0.25) is 0 Å². The molecule has 84 valence electrons. The van der Waals surface area contributed by atoms with Crippen LogP contribution in [0.1, 0.15) is 12.7 Å². The summed E-state index contributed by atoms with van der Waals surface area (Å²) in [6.07, 6.45) is 0.808. The third-order valence-electron chi connectivity index (χ3n) is 1.86. The molecule has 2 rings (SSSR count). The summed E-state index contributed by atoms with van der Waals surface area (Å²) in [7, 11) is 0. The molecule has 0 saturated carbocycles. The molecule has 2 N–H and O–H groups in total. The molecule has 6 heteroatoms. The lowest BCUT2D eigenvalue weighted by atomic mass is 10.3. The van der Waals surface area contributed by atoms with E-state index in [0.717, 1.165) is 21.5 Å². The molecule has 1 heterocycles. The van der Waals surface area contributed by atoms with Crippen molar-refractivity contribution < 1.29 is 4.39 Å². The minimum Gasteiger partial charge on any atom is -0.399 e. The molecule has 16 heavy (non-hydrogen) atoms. The third-order valence-corrected chi connectivity index (χ3v) is 3.62. The van der Waals surface area contributed by atoms with Crippen molar-refractivity contribution in [2.45, 2.75) is 22.6 Å². The molecule has 0 radical (unpaired) electrons. The van der Waals surface area contributed by atoms with Gasteiger partial charge in [0.15, 0.2) is 4.34 Å². The average Bonchev–Trinajstić information content (AvgIpc) is 2.64. The van der Waals surface area contributed by atoms with Gasteiger partial charge in [0.1, 0.15) is 11.6 Å². The first kappa shape index (κ1) is 11.3. The fraction of sp³-hybridized carbons (Fsp3) is 0.200. The van der Waals surface area contributed by atoms with E-state index in [1.54, 1.807) is 6.07 Å². The second kappa shape index (κ2) is 4.80. The number of nitrogens with zero attached hydrogens (tertiary/aromatic N) is 2. The van der Waals surface area contributed by atoms with Crippen LogP contribution in [0.5, 0.6) is 0 Å². The van der Waals surface area contributed by atoms with Crippen LogP contribution in [0.2, 0.25) is 0 Å². The molecule has 3 nitrogen and oxygen atoms in total. The van der Waals surface area contributed by atoms with Crippen molar-refractivity contribution in [2.75, 3.05) is 5.73 Å². The molecule has 0 aliphatic rings. The van der Waals surface area contributed by atoms with Crippen LogP contribution in [-0.2, 0) is 6.42 Å². The molecule has 0 atom stereocenters. The van der Waals surface area contributed by atoms with Gasteiger partial charge >= 0.3 is 0 Å². The van der Waals surface area contributed by atoms with Crippen molar-refractivity contribution in [3.63, 3.8) is 0 Å². The van der Waals surface area contributed by atoms with Crippen LogP contribution >= 0.6 is 23.3 Å². The molecular formula is C10H10FN3S2. The molecule has 0 aliphatic carbocycles. The summed E-state index contributed by atoms with van der Waals surface area (Å²) < 4.78 is 18.0. The standard InChI is InChI=1S/C10H10FN3S2/c1-2-9-13-10(16-14-9)15-8-4-6(11)3-7(12)5-8/h3-5H,2,12H2,1H3. The van der Waals surface area contributed by atoms with E-state index < -0.39 is 0 Å². The van der Waals surface area contributed by atoms with Crippen LogP contribution in [0, 0.1) is 5.82 Å². The molecule has 1 aromatic carbocycles. The van der Waals surface area contributed by atoms with Crippen molar-refractivity contribution in [3.05, 3.63) is 29.8 Å². The van der Waals surface area contributed by atoms with Gasteiger partial charge in [-0.3, -0.25) is 0 Å². The summed E-state index contributed by atoms with van der Waals surface area (Å²) in [6.45, 7) is 2.00. The van der Waals surface area contributed by atoms with E-state index in [-0.39, 0.29) is 5.82 Å². The van der Waals surface area contributed by atoms with E-state index in [0.29, 0.717) is 5.69 Å². The van der Waals surface area contributed by atoms with Crippen LogP contribution in [0.3, 0.4) is 0 Å². The normalized spacial score (nSPS) is 10.6. The van der Waals surface area contributed by atoms with Crippen molar-refractivity contribution in [1.82, 2.24) is 9.36 Å². The van der Waals surface area contributed by atoms with Crippen LogP contribution < -0.4 is 5.73 Å². The maximum Gasteiger partial charge on any atom is 0.174 e. The average molecular weight is 255 g/mol. The summed E-state index contributed by atoms with van der Waals surface area (Å²) in [6, 6.07) is 4.45. The number of halogens is 1. The molecule has 0 unspecified atom stereocenters. The van der Waals surface area contributed by atoms with Crippen LogP contribution in [0.4, 0.5) is 10.1 Å². The van der Waals surface area contributed by atoms with Crippen molar-refractivity contribution in [1.29, 1.82) is 0 Å². The first-order valence-electron chi connectivity index (χ1n) is 4.74. The quantitative estimate of drug-likeness (QED) is 0.857. The van der Waals surface area contributed by atoms with Crippen molar-refractivity contribution in [2.24, 2.45) is 0 Å². The zero-order valence-corrected chi connectivity index (χ0v) is 10.2. The Hall–Kier alpha value is -1.14. The summed E-state index contributed by atoms with van der Waals surface area (Å²) >= 11 is 2.70. The Morgan fingerprint density at radius 3 is 2.88 bits per heavy atom. The summed E-state index contributed by atoms with van der Waals surface area (Å²) in [5.41, 5.74) is 5.98. The molecule has 0 aliphatic heterocycles. The Balaban J connectivity index is 2.19. The van der Waals surface area contributed by atoms with Gasteiger partial charge in [-0.2, -0.15) is 4.37 Å². The van der Waals surface area contributed by atoms with E-state index >= 15 is 0 Å².